The molecule has 132 valence electrons. The fourth-order valence-electron chi connectivity index (χ4n) is 2.90. The average Bonchev–Trinajstić information content (AvgIpc) is 2.51. The van der Waals surface area contributed by atoms with Gasteiger partial charge in [0.25, 0.3) is 0 Å². The van der Waals surface area contributed by atoms with Crippen molar-refractivity contribution >= 4 is 17.6 Å². The molecular weight excluding hydrogens is 310 g/mol. The van der Waals surface area contributed by atoms with Crippen LogP contribution in [0.25, 0.3) is 0 Å². The van der Waals surface area contributed by atoms with Gasteiger partial charge in [0.15, 0.2) is 0 Å². The maximum atomic E-state index is 12.6. The summed E-state index contributed by atoms with van der Waals surface area (Å²) >= 11 is 0. The van der Waals surface area contributed by atoms with E-state index < -0.39 is 11.1 Å². The van der Waals surface area contributed by atoms with Crippen LogP contribution in [0.5, 0.6) is 0 Å². The Bertz CT molecular complexity index is 618. The summed E-state index contributed by atoms with van der Waals surface area (Å²) < 4.78 is 10.3. The Morgan fingerprint density at radius 1 is 1.42 bits per heavy atom. The molecule has 1 unspecified atom stereocenters. The van der Waals surface area contributed by atoms with Gasteiger partial charge in [0.2, 0.25) is 5.91 Å². The number of aryl methyl sites for hydroxylation is 1. The van der Waals surface area contributed by atoms with Crippen LogP contribution in [0.1, 0.15) is 38.7 Å². The summed E-state index contributed by atoms with van der Waals surface area (Å²) in [5.74, 6) is -0.527. The lowest BCUT2D eigenvalue weighted by Crippen LogP contribution is -2.59. The molecule has 1 aliphatic rings. The standard InChI is InChI=1S/C17H25N3O4/c1-16(2)11-17(18,6-7-24-16)15(22)20-13-8-12(9-19-10-13)4-5-14(21)23-3/h8-10H,4-7,11,18H2,1-3H3,(H,20,22). The van der Waals surface area contributed by atoms with Gasteiger partial charge in [-0.15, -0.1) is 0 Å². The molecule has 1 aromatic rings. The van der Waals surface area contributed by atoms with E-state index in [1.165, 1.54) is 7.11 Å². The molecular formula is C17H25N3O4. The number of ether oxygens (including phenoxy) is 2. The van der Waals surface area contributed by atoms with Crippen LogP contribution in [-0.4, -0.2) is 41.7 Å². The van der Waals surface area contributed by atoms with E-state index in [-0.39, 0.29) is 18.3 Å². The predicted molar refractivity (Wildman–Crippen MR) is 89.4 cm³/mol. The number of hydrogen-bond donors (Lipinski definition) is 2. The molecule has 1 aromatic heterocycles. The van der Waals surface area contributed by atoms with Crippen molar-refractivity contribution in [3.8, 4) is 0 Å². The zero-order valence-electron chi connectivity index (χ0n) is 14.4. The minimum Gasteiger partial charge on any atom is -0.469 e. The Kier molecular flexibility index (Phi) is 5.56. The third kappa shape index (κ3) is 4.75. The quantitative estimate of drug-likeness (QED) is 0.789. The first-order chi connectivity index (χ1) is 11.2. The van der Waals surface area contributed by atoms with Gasteiger partial charge < -0.3 is 20.5 Å². The molecule has 1 amide bonds. The van der Waals surface area contributed by atoms with Gasteiger partial charge in [0.1, 0.15) is 5.54 Å². The first-order valence-electron chi connectivity index (χ1n) is 7.99. The number of rotatable bonds is 5. The Labute approximate surface area is 141 Å². The molecule has 0 radical (unpaired) electrons. The number of pyridine rings is 1. The van der Waals surface area contributed by atoms with Crippen LogP contribution < -0.4 is 11.1 Å². The summed E-state index contributed by atoms with van der Waals surface area (Å²) in [7, 11) is 1.35. The lowest BCUT2D eigenvalue weighted by atomic mass is 9.81. The van der Waals surface area contributed by atoms with Crippen LogP contribution in [0.4, 0.5) is 5.69 Å². The van der Waals surface area contributed by atoms with Crippen molar-refractivity contribution in [1.29, 1.82) is 0 Å². The van der Waals surface area contributed by atoms with Crippen molar-refractivity contribution < 1.29 is 19.1 Å². The van der Waals surface area contributed by atoms with E-state index >= 15 is 0 Å². The van der Waals surface area contributed by atoms with Crippen LogP contribution >= 0.6 is 0 Å². The Hall–Kier alpha value is -1.99. The molecule has 2 rings (SSSR count). The number of methoxy groups -OCH3 is 1. The molecule has 3 N–H and O–H groups in total. The van der Waals surface area contributed by atoms with Gasteiger partial charge in [0.05, 0.1) is 24.6 Å². The molecule has 24 heavy (non-hydrogen) atoms. The van der Waals surface area contributed by atoms with Gasteiger partial charge >= 0.3 is 5.97 Å². The van der Waals surface area contributed by atoms with Crippen LogP contribution in [-0.2, 0) is 25.5 Å². The highest BCUT2D eigenvalue weighted by molar-refractivity contribution is 5.98. The van der Waals surface area contributed by atoms with E-state index in [9.17, 15) is 9.59 Å². The zero-order chi connectivity index (χ0) is 17.8. The highest BCUT2D eigenvalue weighted by Crippen LogP contribution is 2.31. The number of hydrogen-bond acceptors (Lipinski definition) is 6. The number of esters is 1. The van der Waals surface area contributed by atoms with E-state index in [4.69, 9.17) is 10.5 Å². The smallest absolute Gasteiger partial charge is 0.305 e. The second-order valence-electron chi connectivity index (χ2n) is 6.80. The molecule has 1 aliphatic heterocycles. The van der Waals surface area contributed by atoms with Crippen molar-refractivity contribution in [2.75, 3.05) is 19.0 Å². The van der Waals surface area contributed by atoms with Crippen molar-refractivity contribution in [1.82, 2.24) is 4.98 Å². The number of nitrogens with one attached hydrogen (secondary N) is 1. The van der Waals surface area contributed by atoms with Gasteiger partial charge in [-0.05, 0) is 38.3 Å². The summed E-state index contributed by atoms with van der Waals surface area (Å²) in [6, 6.07) is 1.79. The monoisotopic (exact) mass is 335 g/mol. The molecule has 0 aromatic carbocycles. The fraction of sp³-hybridized carbons (Fsp3) is 0.588. The molecule has 7 heteroatoms. The number of nitrogens with two attached hydrogens (primary N) is 1. The van der Waals surface area contributed by atoms with Gasteiger partial charge in [-0.3, -0.25) is 14.6 Å². The van der Waals surface area contributed by atoms with Gasteiger partial charge in [0, 0.05) is 25.6 Å². The third-order valence-corrected chi connectivity index (χ3v) is 4.13. The molecule has 0 spiro atoms. The lowest BCUT2D eigenvalue weighted by Gasteiger charge is -2.41. The number of aromatic nitrogens is 1. The normalized spacial score (nSPS) is 22.7. The van der Waals surface area contributed by atoms with Gasteiger partial charge in [-0.25, -0.2) is 0 Å². The summed E-state index contributed by atoms with van der Waals surface area (Å²) in [4.78, 5) is 27.9. The van der Waals surface area contributed by atoms with Crippen LogP contribution in [0, 0.1) is 0 Å². The third-order valence-electron chi connectivity index (χ3n) is 4.13. The maximum Gasteiger partial charge on any atom is 0.305 e. The molecule has 0 aliphatic carbocycles. The molecule has 1 saturated heterocycles. The number of nitrogens with zero attached hydrogens (tertiary/aromatic N) is 1. The second-order valence-corrected chi connectivity index (χ2v) is 6.80. The van der Waals surface area contributed by atoms with Crippen molar-refractivity contribution in [2.45, 2.75) is 50.7 Å². The zero-order valence-corrected chi connectivity index (χ0v) is 14.4. The topological polar surface area (TPSA) is 104 Å². The van der Waals surface area contributed by atoms with E-state index in [1.54, 1.807) is 18.5 Å². The number of anilines is 1. The Morgan fingerprint density at radius 3 is 2.83 bits per heavy atom. The Morgan fingerprint density at radius 2 is 2.17 bits per heavy atom. The minimum atomic E-state index is -0.968. The predicted octanol–water partition coefficient (Wildman–Crippen LogP) is 1.41. The van der Waals surface area contributed by atoms with E-state index in [1.807, 2.05) is 13.8 Å². The fourth-order valence-corrected chi connectivity index (χ4v) is 2.90. The van der Waals surface area contributed by atoms with Crippen molar-refractivity contribution in [2.24, 2.45) is 5.73 Å². The first-order valence-corrected chi connectivity index (χ1v) is 7.99. The number of carbonyl (C=O) groups is 2. The maximum absolute atomic E-state index is 12.6. The van der Waals surface area contributed by atoms with Crippen molar-refractivity contribution in [3.63, 3.8) is 0 Å². The number of amides is 1. The number of carbonyl (C=O) groups excluding carboxylic acids is 2. The lowest BCUT2D eigenvalue weighted by molar-refractivity contribution is -0.140. The average molecular weight is 335 g/mol. The summed E-state index contributed by atoms with van der Waals surface area (Å²) in [6.45, 7) is 4.31. The highest BCUT2D eigenvalue weighted by atomic mass is 16.5. The van der Waals surface area contributed by atoms with E-state index in [0.29, 0.717) is 31.6 Å². The van der Waals surface area contributed by atoms with E-state index in [2.05, 4.69) is 15.0 Å². The first kappa shape index (κ1) is 18.4. The molecule has 1 fully saturated rings. The largest absolute Gasteiger partial charge is 0.469 e. The highest BCUT2D eigenvalue weighted by Gasteiger charge is 2.43. The molecule has 1 atom stereocenters. The van der Waals surface area contributed by atoms with Crippen LogP contribution in [0.3, 0.4) is 0 Å². The Balaban J connectivity index is 2.02. The molecule has 0 bridgehead atoms. The molecule has 7 nitrogen and oxygen atoms in total. The van der Waals surface area contributed by atoms with E-state index in [0.717, 1.165) is 5.56 Å². The summed E-state index contributed by atoms with van der Waals surface area (Å²) in [6.07, 6.45) is 4.90. The van der Waals surface area contributed by atoms with Gasteiger partial charge in [-0.1, -0.05) is 0 Å². The van der Waals surface area contributed by atoms with Crippen molar-refractivity contribution in [3.05, 3.63) is 24.0 Å². The summed E-state index contributed by atoms with van der Waals surface area (Å²) in [5.41, 5.74) is 6.32. The van der Waals surface area contributed by atoms with Crippen LogP contribution in [0.2, 0.25) is 0 Å². The van der Waals surface area contributed by atoms with Gasteiger partial charge in [-0.2, -0.15) is 0 Å². The molecule has 2 heterocycles. The van der Waals surface area contributed by atoms with Crippen LogP contribution in [0.15, 0.2) is 18.5 Å². The second kappa shape index (κ2) is 7.27. The molecule has 0 saturated carbocycles. The summed E-state index contributed by atoms with van der Waals surface area (Å²) in [5, 5.41) is 2.83. The SMILES string of the molecule is COC(=O)CCc1cncc(NC(=O)C2(N)CCOC(C)(C)C2)c1. The minimum absolute atomic E-state index is 0.245.